The highest BCUT2D eigenvalue weighted by Gasteiger charge is 2.38. The summed E-state index contributed by atoms with van der Waals surface area (Å²) in [5.41, 5.74) is -0.846. The summed E-state index contributed by atoms with van der Waals surface area (Å²) in [6.45, 7) is 10.3. The summed E-state index contributed by atoms with van der Waals surface area (Å²) >= 11 is 0. The van der Waals surface area contributed by atoms with Gasteiger partial charge in [-0.2, -0.15) is 5.26 Å². The van der Waals surface area contributed by atoms with E-state index in [0.717, 1.165) is 13.1 Å². The Hall–Kier alpha value is -1.08. The summed E-state index contributed by atoms with van der Waals surface area (Å²) in [4.78, 5) is 16.6. The molecule has 0 aliphatic rings. The third-order valence-corrected chi connectivity index (χ3v) is 3.52. The molecule has 0 unspecified atom stereocenters. The Kier molecular flexibility index (Phi) is 7.70. The topological polar surface area (TPSA) is 47.3 Å². The monoisotopic (exact) mass is 267 g/mol. The normalized spacial score (nSPS) is 11.7. The van der Waals surface area contributed by atoms with Gasteiger partial charge in [0, 0.05) is 19.6 Å². The minimum atomic E-state index is -0.846. The third-order valence-electron chi connectivity index (χ3n) is 3.52. The van der Waals surface area contributed by atoms with E-state index < -0.39 is 5.41 Å². The average Bonchev–Trinajstić information content (AvgIpc) is 2.36. The number of nitrogens with zero attached hydrogens (tertiary/aromatic N) is 3. The number of likely N-dealkylation sites (N-methyl/N-ethyl adjacent to an activating group) is 1. The van der Waals surface area contributed by atoms with Crippen LogP contribution in [0.5, 0.6) is 0 Å². The maximum absolute atomic E-state index is 12.7. The highest BCUT2D eigenvalue weighted by molar-refractivity contribution is 5.85. The summed E-state index contributed by atoms with van der Waals surface area (Å²) < 4.78 is 0. The molecule has 0 aliphatic carbocycles. The van der Waals surface area contributed by atoms with Gasteiger partial charge in [0.25, 0.3) is 0 Å². The van der Waals surface area contributed by atoms with Gasteiger partial charge in [0.05, 0.1) is 6.07 Å². The van der Waals surface area contributed by atoms with Gasteiger partial charge in [-0.3, -0.25) is 4.79 Å². The first kappa shape index (κ1) is 17.9. The molecule has 0 aromatic carbocycles. The number of hydrogen-bond donors (Lipinski definition) is 0. The Balaban J connectivity index is 5.02. The van der Waals surface area contributed by atoms with E-state index in [1.54, 1.807) is 0 Å². The number of amides is 1. The number of nitriles is 1. The van der Waals surface area contributed by atoms with Crippen molar-refractivity contribution in [1.29, 1.82) is 5.26 Å². The zero-order valence-electron chi connectivity index (χ0n) is 13.4. The molecule has 4 heteroatoms. The van der Waals surface area contributed by atoms with E-state index in [-0.39, 0.29) is 5.91 Å². The number of hydrogen-bond acceptors (Lipinski definition) is 3. The van der Waals surface area contributed by atoms with Crippen molar-refractivity contribution in [3.8, 4) is 6.07 Å². The molecule has 0 atom stereocenters. The maximum Gasteiger partial charge on any atom is 0.243 e. The fourth-order valence-electron chi connectivity index (χ4n) is 2.10. The van der Waals surface area contributed by atoms with Crippen molar-refractivity contribution in [3.63, 3.8) is 0 Å². The van der Waals surface area contributed by atoms with Crippen LogP contribution in [0.4, 0.5) is 0 Å². The Labute approximate surface area is 118 Å². The molecule has 4 nitrogen and oxygen atoms in total. The van der Waals surface area contributed by atoms with Crippen LogP contribution in [-0.4, -0.2) is 49.4 Å². The van der Waals surface area contributed by atoms with Gasteiger partial charge in [0.1, 0.15) is 5.41 Å². The van der Waals surface area contributed by atoms with Gasteiger partial charge in [-0.1, -0.05) is 27.7 Å². The van der Waals surface area contributed by atoms with Crippen LogP contribution in [0, 0.1) is 22.7 Å². The van der Waals surface area contributed by atoms with E-state index >= 15 is 0 Å². The molecule has 0 saturated heterocycles. The van der Waals surface area contributed by atoms with E-state index in [9.17, 15) is 10.1 Å². The summed E-state index contributed by atoms with van der Waals surface area (Å²) in [5, 5.41) is 9.40. The molecule has 0 rings (SSSR count). The molecular weight excluding hydrogens is 238 g/mol. The molecule has 0 fully saturated rings. The molecule has 0 aromatic heterocycles. The van der Waals surface area contributed by atoms with E-state index in [2.05, 4.69) is 24.8 Å². The van der Waals surface area contributed by atoms with Crippen molar-refractivity contribution in [1.82, 2.24) is 9.80 Å². The lowest BCUT2D eigenvalue weighted by Gasteiger charge is -2.33. The Morgan fingerprint density at radius 2 is 1.74 bits per heavy atom. The minimum absolute atomic E-state index is 0.00412. The molecule has 0 saturated carbocycles. The van der Waals surface area contributed by atoms with Gasteiger partial charge in [0.2, 0.25) is 5.91 Å². The predicted octanol–water partition coefficient (Wildman–Crippen LogP) is 2.36. The zero-order valence-corrected chi connectivity index (χ0v) is 13.4. The molecule has 110 valence electrons. The van der Waals surface area contributed by atoms with Crippen LogP contribution in [0.1, 0.15) is 40.5 Å². The lowest BCUT2D eigenvalue weighted by molar-refractivity contribution is -0.140. The van der Waals surface area contributed by atoms with Crippen molar-refractivity contribution >= 4 is 5.91 Å². The highest BCUT2D eigenvalue weighted by Crippen LogP contribution is 2.28. The molecule has 0 spiro atoms. The summed E-state index contributed by atoms with van der Waals surface area (Å²) in [5.74, 6) is 0.409. The first-order valence-corrected chi connectivity index (χ1v) is 7.18. The molecule has 0 N–H and O–H groups in total. The van der Waals surface area contributed by atoms with Crippen LogP contribution < -0.4 is 0 Å². The predicted molar refractivity (Wildman–Crippen MR) is 78.6 cm³/mol. The average molecular weight is 267 g/mol. The van der Waals surface area contributed by atoms with Crippen LogP contribution >= 0.6 is 0 Å². The van der Waals surface area contributed by atoms with Crippen molar-refractivity contribution in [2.24, 2.45) is 11.3 Å². The Morgan fingerprint density at radius 1 is 1.21 bits per heavy atom. The lowest BCUT2D eigenvalue weighted by atomic mass is 9.82. The molecule has 1 amide bonds. The molecular formula is C15H29N3O. The van der Waals surface area contributed by atoms with Crippen LogP contribution in [0.25, 0.3) is 0 Å². The second kappa shape index (κ2) is 8.16. The van der Waals surface area contributed by atoms with Crippen LogP contribution in [0.2, 0.25) is 0 Å². The smallest absolute Gasteiger partial charge is 0.243 e. The number of carbonyl (C=O) groups is 1. The molecule has 0 aromatic rings. The number of carbonyl (C=O) groups excluding carboxylic acids is 1. The van der Waals surface area contributed by atoms with Crippen LogP contribution in [-0.2, 0) is 4.79 Å². The summed E-state index contributed by atoms with van der Waals surface area (Å²) in [6, 6.07) is 2.25. The van der Waals surface area contributed by atoms with Crippen molar-refractivity contribution in [2.45, 2.75) is 40.5 Å². The highest BCUT2D eigenvalue weighted by atomic mass is 16.2. The largest absolute Gasteiger partial charge is 0.340 e. The molecule has 0 heterocycles. The van der Waals surface area contributed by atoms with Gasteiger partial charge in [0.15, 0.2) is 0 Å². The summed E-state index contributed by atoms with van der Waals surface area (Å²) in [6.07, 6.45) is 1.16. The molecule has 0 radical (unpaired) electrons. The van der Waals surface area contributed by atoms with Crippen molar-refractivity contribution in [2.75, 3.05) is 33.7 Å². The molecule has 0 aliphatic heterocycles. The van der Waals surface area contributed by atoms with Gasteiger partial charge in [-0.05, 0) is 32.9 Å². The second-order valence-corrected chi connectivity index (χ2v) is 5.85. The van der Waals surface area contributed by atoms with E-state index in [4.69, 9.17) is 0 Å². The van der Waals surface area contributed by atoms with Gasteiger partial charge < -0.3 is 9.80 Å². The van der Waals surface area contributed by atoms with Crippen molar-refractivity contribution in [3.05, 3.63) is 0 Å². The second-order valence-electron chi connectivity index (χ2n) is 5.85. The van der Waals surface area contributed by atoms with Gasteiger partial charge in [-0.15, -0.1) is 0 Å². The quantitative estimate of drug-likeness (QED) is 0.678. The maximum atomic E-state index is 12.7. The van der Waals surface area contributed by atoms with E-state index in [1.165, 1.54) is 0 Å². The fraction of sp³-hybridized carbons (Fsp3) is 0.867. The minimum Gasteiger partial charge on any atom is -0.340 e. The molecule has 19 heavy (non-hydrogen) atoms. The van der Waals surface area contributed by atoms with E-state index in [0.29, 0.717) is 25.3 Å². The SMILES string of the molecule is CCC(C#N)(CC)C(=O)N(CCN(C)C)CC(C)C. The zero-order chi connectivity index (χ0) is 15.1. The molecule has 0 bridgehead atoms. The fourth-order valence-corrected chi connectivity index (χ4v) is 2.10. The van der Waals surface area contributed by atoms with Crippen LogP contribution in [0.3, 0.4) is 0 Å². The van der Waals surface area contributed by atoms with Crippen molar-refractivity contribution < 1.29 is 4.79 Å². The van der Waals surface area contributed by atoms with Gasteiger partial charge in [-0.25, -0.2) is 0 Å². The lowest BCUT2D eigenvalue weighted by Crippen LogP contribution is -2.46. The number of rotatable bonds is 8. The standard InChI is InChI=1S/C15H29N3O/c1-7-15(8-2,12-16)14(19)18(11-13(3)4)10-9-17(5)6/h13H,7-11H2,1-6H3. The summed E-state index contributed by atoms with van der Waals surface area (Å²) in [7, 11) is 3.99. The van der Waals surface area contributed by atoms with E-state index in [1.807, 2.05) is 32.8 Å². The van der Waals surface area contributed by atoms with Crippen LogP contribution in [0.15, 0.2) is 0 Å². The first-order valence-electron chi connectivity index (χ1n) is 7.18. The first-order chi connectivity index (χ1) is 8.82. The Morgan fingerprint density at radius 3 is 2.05 bits per heavy atom. The third kappa shape index (κ3) is 5.20. The van der Waals surface area contributed by atoms with Gasteiger partial charge >= 0.3 is 0 Å². The Bertz CT molecular complexity index is 314.